The number of rotatable bonds is 8. The number of hydrogen-bond donors (Lipinski definition) is 3. The first-order valence-corrected chi connectivity index (χ1v) is 8.53. The molecule has 23 heavy (non-hydrogen) atoms. The first kappa shape index (κ1) is 19.5. The van der Waals surface area contributed by atoms with Crippen molar-refractivity contribution in [3.63, 3.8) is 0 Å². The zero-order valence-corrected chi connectivity index (χ0v) is 14.5. The summed E-state index contributed by atoms with van der Waals surface area (Å²) in [5.41, 5.74) is -0.874. The number of hydrogen-bond acceptors (Lipinski definition) is 3. The van der Waals surface area contributed by atoms with E-state index in [4.69, 9.17) is 5.11 Å². The fraction of sp³-hybridized carbons (Fsp3) is 0.824. The molecule has 0 heterocycles. The van der Waals surface area contributed by atoms with Gasteiger partial charge in [-0.1, -0.05) is 19.3 Å². The van der Waals surface area contributed by atoms with Crippen molar-refractivity contribution in [3.05, 3.63) is 0 Å². The highest BCUT2D eigenvalue weighted by Crippen LogP contribution is 2.26. The lowest BCUT2D eigenvalue weighted by Gasteiger charge is -2.22. The molecule has 0 aromatic carbocycles. The van der Waals surface area contributed by atoms with Crippen molar-refractivity contribution in [2.75, 3.05) is 6.54 Å². The Bertz CT molecular complexity index is 428. The van der Waals surface area contributed by atoms with Crippen molar-refractivity contribution >= 4 is 17.8 Å². The van der Waals surface area contributed by atoms with E-state index in [9.17, 15) is 14.4 Å². The number of carbonyl (C=O) groups is 3. The molecule has 0 aromatic heterocycles. The monoisotopic (exact) mass is 326 g/mol. The normalized spacial score (nSPS) is 17.3. The average Bonchev–Trinajstić information content (AvgIpc) is 2.47. The van der Waals surface area contributed by atoms with Crippen LogP contribution in [0.25, 0.3) is 0 Å². The maximum absolute atomic E-state index is 12.0. The van der Waals surface area contributed by atoms with Gasteiger partial charge in [-0.25, -0.2) is 0 Å². The van der Waals surface area contributed by atoms with Gasteiger partial charge in [0.15, 0.2) is 0 Å². The molecule has 1 saturated carbocycles. The third kappa shape index (κ3) is 7.01. The van der Waals surface area contributed by atoms with E-state index in [1.807, 2.05) is 0 Å². The van der Waals surface area contributed by atoms with E-state index < -0.39 is 17.4 Å². The second-order valence-corrected chi connectivity index (χ2v) is 7.23. The van der Waals surface area contributed by atoms with Gasteiger partial charge in [-0.15, -0.1) is 0 Å². The summed E-state index contributed by atoms with van der Waals surface area (Å²) in [5, 5.41) is 14.4. The average molecular weight is 326 g/mol. The molecule has 1 rings (SSSR count). The largest absolute Gasteiger partial charge is 0.481 e. The molecule has 1 fully saturated rings. The van der Waals surface area contributed by atoms with E-state index >= 15 is 0 Å². The highest BCUT2D eigenvalue weighted by molar-refractivity contribution is 5.87. The van der Waals surface area contributed by atoms with Gasteiger partial charge in [0.05, 0.1) is 5.41 Å². The summed E-state index contributed by atoms with van der Waals surface area (Å²) in [6.45, 7) is 5.17. The maximum atomic E-state index is 12.0. The summed E-state index contributed by atoms with van der Waals surface area (Å²) >= 11 is 0. The molecule has 0 spiro atoms. The van der Waals surface area contributed by atoms with Crippen molar-refractivity contribution in [3.8, 4) is 0 Å². The Morgan fingerprint density at radius 2 is 1.78 bits per heavy atom. The number of amides is 2. The van der Waals surface area contributed by atoms with Gasteiger partial charge in [0.2, 0.25) is 11.8 Å². The number of nitrogens with one attached hydrogen (secondary N) is 2. The smallest absolute Gasteiger partial charge is 0.309 e. The Balaban J connectivity index is 2.27. The molecular weight excluding hydrogens is 296 g/mol. The minimum Gasteiger partial charge on any atom is -0.481 e. The zero-order chi connectivity index (χ0) is 17.5. The third-order valence-corrected chi connectivity index (χ3v) is 4.60. The van der Waals surface area contributed by atoms with Crippen molar-refractivity contribution in [2.24, 2.45) is 11.3 Å². The summed E-state index contributed by atoms with van der Waals surface area (Å²) in [6, 6.07) is -0.598. The van der Waals surface area contributed by atoms with Crippen LogP contribution in [0.2, 0.25) is 0 Å². The van der Waals surface area contributed by atoms with Crippen molar-refractivity contribution in [1.82, 2.24) is 10.6 Å². The standard InChI is InChI=1S/C17H30N2O4/c1-12(15(21)18-10-9-17(2,3)16(22)23)19-14(20)11-13-7-5-4-6-8-13/h12-13H,4-11H2,1-3H3,(H,18,21)(H,19,20)(H,22,23). The van der Waals surface area contributed by atoms with Crippen molar-refractivity contribution in [2.45, 2.75) is 71.8 Å². The molecule has 0 saturated heterocycles. The Hall–Kier alpha value is -1.59. The lowest BCUT2D eigenvalue weighted by Crippen LogP contribution is -2.46. The fourth-order valence-corrected chi connectivity index (χ4v) is 2.78. The van der Waals surface area contributed by atoms with Crippen LogP contribution in [0.3, 0.4) is 0 Å². The summed E-state index contributed by atoms with van der Waals surface area (Å²) in [7, 11) is 0. The number of aliphatic carboxylic acids is 1. The second kappa shape index (κ2) is 8.89. The van der Waals surface area contributed by atoms with E-state index in [-0.39, 0.29) is 18.4 Å². The summed E-state index contributed by atoms with van der Waals surface area (Å²) < 4.78 is 0. The SMILES string of the molecule is CC(NC(=O)CC1CCCCC1)C(=O)NCCC(C)(C)C(=O)O. The van der Waals surface area contributed by atoms with Crippen LogP contribution >= 0.6 is 0 Å². The van der Waals surface area contributed by atoms with Crippen LogP contribution in [0.5, 0.6) is 0 Å². The molecule has 6 nitrogen and oxygen atoms in total. The molecule has 0 bridgehead atoms. The predicted molar refractivity (Wildman–Crippen MR) is 87.8 cm³/mol. The van der Waals surface area contributed by atoms with Crippen molar-refractivity contribution in [1.29, 1.82) is 0 Å². The molecule has 0 radical (unpaired) electrons. The van der Waals surface area contributed by atoms with Crippen LogP contribution < -0.4 is 10.6 Å². The van der Waals surface area contributed by atoms with Gasteiger partial charge in [0.25, 0.3) is 0 Å². The summed E-state index contributed by atoms with van der Waals surface area (Å²) in [6.07, 6.45) is 6.65. The Kier molecular flexibility index (Phi) is 7.52. The molecule has 1 unspecified atom stereocenters. The van der Waals surface area contributed by atoms with Gasteiger partial charge in [0, 0.05) is 13.0 Å². The lowest BCUT2D eigenvalue weighted by atomic mass is 9.87. The molecule has 3 N–H and O–H groups in total. The van der Waals surface area contributed by atoms with E-state index in [1.165, 1.54) is 19.3 Å². The highest BCUT2D eigenvalue weighted by Gasteiger charge is 2.27. The van der Waals surface area contributed by atoms with Gasteiger partial charge in [-0.2, -0.15) is 0 Å². The quantitative estimate of drug-likeness (QED) is 0.636. The first-order valence-electron chi connectivity index (χ1n) is 8.53. The highest BCUT2D eigenvalue weighted by atomic mass is 16.4. The molecular formula is C17H30N2O4. The first-order chi connectivity index (χ1) is 10.7. The van der Waals surface area contributed by atoms with Crippen LogP contribution in [-0.2, 0) is 14.4 Å². The molecule has 0 aromatic rings. The zero-order valence-electron chi connectivity index (χ0n) is 14.5. The fourth-order valence-electron chi connectivity index (χ4n) is 2.78. The topological polar surface area (TPSA) is 95.5 Å². The molecule has 1 aliphatic carbocycles. The number of carboxylic acid groups (broad SMARTS) is 1. The molecule has 132 valence electrons. The molecule has 1 atom stereocenters. The Morgan fingerprint density at radius 3 is 2.35 bits per heavy atom. The number of carbonyl (C=O) groups excluding carboxylic acids is 2. The van der Waals surface area contributed by atoms with Gasteiger partial charge >= 0.3 is 5.97 Å². The molecule has 1 aliphatic rings. The van der Waals surface area contributed by atoms with Gasteiger partial charge < -0.3 is 15.7 Å². The van der Waals surface area contributed by atoms with Crippen LogP contribution in [0.1, 0.15) is 65.7 Å². The predicted octanol–water partition coefficient (Wildman–Crippen LogP) is 2.08. The number of carboxylic acids is 1. The van der Waals surface area contributed by atoms with Crippen LogP contribution in [0.4, 0.5) is 0 Å². The Labute approximate surface area is 138 Å². The van der Waals surface area contributed by atoms with Gasteiger partial charge in [0.1, 0.15) is 6.04 Å². The molecule has 6 heteroatoms. The molecule has 0 aliphatic heterocycles. The van der Waals surface area contributed by atoms with Gasteiger partial charge in [-0.05, 0) is 46.0 Å². The maximum Gasteiger partial charge on any atom is 0.309 e. The lowest BCUT2D eigenvalue weighted by molar-refractivity contribution is -0.147. The van der Waals surface area contributed by atoms with E-state index in [0.29, 0.717) is 18.8 Å². The van der Waals surface area contributed by atoms with E-state index in [2.05, 4.69) is 10.6 Å². The van der Waals surface area contributed by atoms with Crippen LogP contribution in [0.15, 0.2) is 0 Å². The second-order valence-electron chi connectivity index (χ2n) is 7.23. The Morgan fingerprint density at radius 1 is 1.17 bits per heavy atom. The van der Waals surface area contributed by atoms with Crippen molar-refractivity contribution < 1.29 is 19.5 Å². The molecule has 2 amide bonds. The summed E-state index contributed by atoms with van der Waals surface area (Å²) in [5.74, 6) is -0.801. The van der Waals surface area contributed by atoms with Crippen LogP contribution in [-0.4, -0.2) is 35.5 Å². The van der Waals surface area contributed by atoms with Crippen LogP contribution in [0, 0.1) is 11.3 Å². The van der Waals surface area contributed by atoms with E-state index in [1.54, 1.807) is 20.8 Å². The van der Waals surface area contributed by atoms with E-state index in [0.717, 1.165) is 12.8 Å². The third-order valence-electron chi connectivity index (χ3n) is 4.60. The summed E-state index contributed by atoms with van der Waals surface area (Å²) in [4.78, 5) is 34.9. The minimum absolute atomic E-state index is 0.0783. The minimum atomic E-state index is -0.888. The van der Waals surface area contributed by atoms with Gasteiger partial charge in [-0.3, -0.25) is 14.4 Å².